The van der Waals surface area contributed by atoms with E-state index < -0.39 is 0 Å². The average molecular weight is 158 g/mol. The van der Waals surface area contributed by atoms with Gasteiger partial charge in [0.2, 0.25) is 0 Å². The van der Waals surface area contributed by atoms with E-state index >= 15 is 0 Å². The van der Waals surface area contributed by atoms with E-state index in [-0.39, 0.29) is 6.10 Å². The molecule has 1 unspecified atom stereocenters. The van der Waals surface area contributed by atoms with Gasteiger partial charge in [-0.15, -0.1) is 0 Å². The molecule has 66 valence electrons. The van der Waals surface area contributed by atoms with Crippen molar-refractivity contribution in [3.63, 3.8) is 0 Å². The molecule has 0 aliphatic heterocycles. The molecule has 1 atom stereocenters. The maximum Gasteiger partial charge on any atom is 0.0938 e. The molecule has 0 N–H and O–H groups in total. The molecule has 3 nitrogen and oxygen atoms in total. The Kier molecular flexibility index (Phi) is 4.86. The van der Waals surface area contributed by atoms with Crippen LogP contribution in [0.2, 0.25) is 0 Å². The second-order valence-electron chi connectivity index (χ2n) is 2.59. The topological polar surface area (TPSA) is 24.8 Å². The van der Waals surface area contributed by atoms with Crippen molar-refractivity contribution in [2.75, 3.05) is 20.7 Å². The first kappa shape index (κ1) is 10.4. The number of ether oxygens (including phenoxy) is 1. The molecule has 0 saturated heterocycles. The Bertz CT molecular complexity index is 134. The number of hydrogen-bond donors (Lipinski definition) is 0. The van der Waals surface area contributed by atoms with Crippen LogP contribution in [-0.4, -0.2) is 37.5 Å². The van der Waals surface area contributed by atoms with Crippen molar-refractivity contribution in [3.8, 4) is 0 Å². The van der Waals surface area contributed by atoms with Gasteiger partial charge in [-0.3, -0.25) is 0 Å². The number of hydrazone groups is 1. The zero-order chi connectivity index (χ0) is 8.85. The lowest BCUT2D eigenvalue weighted by Gasteiger charge is -2.14. The van der Waals surface area contributed by atoms with Crippen LogP contribution in [0.1, 0.15) is 20.8 Å². The summed E-state index contributed by atoms with van der Waals surface area (Å²) in [5.74, 6) is 0. The summed E-state index contributed by atoms with van der Waals surface area (Å²) in [6.45, 7) is 6.95. The van der Waals surface area contributed by atoms with Crippen LogP contribution in [0.15, 0.2) is 5.10 Å². The summed E-state index contributed by atoms with van der Waals surface area (Å²) in [6.07, 6.45) is 0.115. The average Bonchev–Trinajstić information content (AvgIpc) is 2.02. The zero-order valence-corrected chi connectivity index (χ0v) is 8.09. The van der Waals surface area contributed by atoms with Crippen LogP contribution in [0.5, 0.6) is 0 Å². The molecule has 0 spiro atoms. The molecule has 3 heteroatoms. The Morgan fingerprint density at radius 2 is 2.18 bits per heavy atom. The van der Waals surface area contributed by atoms with Gasteiger partial charge in [0.25, 0.3) is 0 Å². The normalized spacial score (nSPS) is 14.8. The molecule has 0 amide bonds. The number of nitrogens with zero attached hydrogens (tertiary/aromatic N) is 2. The highest BCUT2D eigenvalue weighted by molar-refractivity contribution is 5.85. The highest BCUT2D eigenvalue weighted by Gasteiger charge is 2.03. The minimum absolute atomic E-state index is 0.115. The third-order valence-electron chi connectivity index (χ3n) is 1.73. The molecule has 0 radical (unpaired) electrons. The van der Waals surface area contributed by atoms with Crippen LogP contribution in [0, 0.1) is 0 Å². The van der Waals surface area contributed by atoms with E-state index in [0.717, 1.165) is 12.3 Å². The number of hydrogen-bond acceptors (Lipinski definition) is 3. The molecular weight excluding hydrogens is 140 g/mol. The highest BCUT2D eigenvalue weighted by atomic mass is 16.5. The maximum absolute atomic E-state index is 5.10. The van der Waals surface area contributed by atoms with Crippen molar-refractivity contribution in [2.24, 2.45) is 5.10 Å². The summed E-state index contributed by atoms with van der Waals surface area (Å²) in [5.41, 5.74) is 1.01. The molecule has 11 heavy (non-hydrogen) atoms. The van der Waals surface area contributed by atoms with Crippen molar-refractivity contribution in [1.29, 1.82) is 0 Å². The zero-order valence-electron chi connectivity index (χ0n) is 8.09. The summed E-state index contributed by atoms with van der Waals surface area (Å²) in [5, 5.41) is 6.18. The molecule has 0 aromatic rings. The standard InChI is InChI=1S/C8H18N2O/c1-6-10(4)9-7(2)8(3)11-5/h8H,6H2,1-5H3/b9-7+. The first-order valence-electron chi connectivity index (χ1n) is 3.90. The third kappa shape index (κ3) is 3.98. The minimum atomic E-state index is 0.115. The lowest BCUT2D eigenvalue weighted by atomic mass is 10.3. The van der Waals surface area contributed by atoms with Crippen molar-refractivity contribution in [3.05, 3.63) is 0 Å². The fraction of sp³-hybridized carbons (Fsp3) is 0.875. The molecule has 0 saturated carbocycles. The van der Waals surface area contributed by atoms with E-state index in [1.807, 2.05) is 25.9 Å². The van der Waals surface area contributed by atoms with Gasteiger partial charge >= 0.3 is 0 Å². The van der Waals surface area contributed by atoms with E-state index in [4.69, 9.17) is 4.74 Å². The van der Waals surface area contributed by atoms with Crippen molar-refractivity contribution >= 4 is 5.71 Å². The molecule has 0 fully saturated rings. The minimum Gasteiger partial charge on any atom is -0.376 e. The molecule has 0 aliphatic carbocycles. The SMILES string of the molecule is CCN(C)/N=C(\C)C(C)OC. The first-order valence-corrected chi connectivity index (χ1v) is 3.90. The quantitative estimate of drug-likeness (QED) is 0.455. The Labute approximate surface area is 69.0 Å². The Balaban J connectivity index is 3.98. The molecule has 0 aromatic heterocycles. The van der Waals surface area contributed by atoms with E-state index in [0.29, 0.717) is 0 Å². The van der Waals surface area contributed by atoms with Crippen LogP contribution in [0.25, 0.3) is 0 Å². The number of rotatable bonds is 4. The highest BCUT2D eigenvalue weighted by Crippen LogP contribution is 1.94. The first-order chi connectivity index (χ1) is 5.11. The van der Waals surface area contributed by atoms with Crippen LogP contribution in [0.3, 0.4) is 0 Å². The second-order valence-corrected chi connectivity index (χ2v) is 2.59. The fourth-order valence-corrected chi connectivity index (χ4v) is 0.592. The molecule has 0 aromatic carbocycles. The number of methoxy groups -OCH3 is 1. The van der Waals surface area contributed by atoms with Crippen LogP contribution < -0.4 is 0 Å². The van der Waals surface area contributed by atoms with E-state index in [1.54, 1.807) is 7.11 Å². The maximum atomic E-state index is 5.10. The van der Waals surface area contributed by atoms with E-state index in [2.05, 4.69) is 12.0 Å². The molecule has 0 aliphatic rings. The van der Waals surface area contributed by atoms with Gasteiger partial charge < -0.3 is 9.75 Å². The Morgan fingerprint density at radius 3 is 2.55 bits per heavy atom. The van der Waals surface area contributed by atoms with Gasteiger partial charge in [0.05, 0.1) is 11.8 Å². The summed E-state index contributed by atoms with van der Waals surface area (Å²) >= 11 is 0. The van der Waals surface area contributed by atoms with Crippen LogP contribution in [0.4, 0.5) is 0 Å². The van der Waals surface area contributed by atoms with Crippen LogP contribution in [-0.2, 0) is 4.74 Å². The molecule has 0 heterocycles. The lowest BCUT2D eigenvalue weighted by molar-refractivity contribution is 0.167. The summed E-state index contributed by atoms with van der Waals surface area (Å²) < 4.78 is 5.10. The second kappa shape index (κ2) is 5.13. The molecule has 0 rings (SSSR count). The molecular formula is C8H18N2O. The van der Waals surface area contributed by atoms with Gasteiger partial charge in [-0.25, -0.2) is 0 Å². The Morgan fingerprint density at radius 1 is 1.64 bits per heavy atom. The van der Waals surface area contributed by atoms with Gasteiger partial charge in [0.1, 0.15) is 0 Å². The Hall–Kier alpha value is -0.570. The fourth-order valence-electron chi connectivity index (χ4n) is 0.592. The predicted octanol–water partition coefficient (Wildman–Crippen LogP) is 1.35. The third-order valence-corrected chi connectivity index (χ3v) is 1.73. The molecule has 0 bridgehead atoms. The summed E-state index contributed by atoms with van der Waals surface area (Å²) in [6, 6.07) is 0. The van der Waals surface area contributed by atoms with Gasteiger partial charge in [0, 0.05) is 20.7 Å². The summed E-state index contributed by atoms with van der Waals surface area (Å²) in [4.78, 5) is 0. The van der Waals surface area contributed by atoms with Gasteiger partial charge in [-0.2, -0.15) is 5.10 Å². The lowest BCUT2D eigenvalue weighted by Crippen LogP contribution is -2.21. The van der Waals surface area contributed by atoms with E-state index in [1.165, 1.54) is 0 Å². The van der Waals surface area contributed by atoms with E-state index in [9.17, 15) is 0 Å². The largest absolute Gasteiger partial charge is 0.376 e. The van der Waals surface area contributed by atoms with Gasteiger partial charge in [0.15, 0.2) is 0 Å². The van der Waals surface area contributed by atoms with Gasteiger partial charge in [-0.05, 0) is 20.8 Å². The van der Waals surface area contributed by atoms with Gasteiger partial charge in [-0.1, -0.05) is 0 Å². The van der Waals surface area contributed by atoms with Crippen molar-refractivity contribution < 1.29 is 4.74 Å². The van der Waals surface area contributed by atoms with Crippen LogP contribution >= 0.6 is 0 Å². The monoisotopic (exact) mass is 158 g/mol. The summed E-state index contributed by atoms with van der Waals surface area (Å²) in [7, 11) is 3.64. The smallest absolute Gasteiger partial charge is 0.0938 e. The van der Waals surface area contributed by atoms with Crippen molar-refractivity contribution in [1.82, 2.24) is 5.01 Å². The predicted molar refractivity (Wildman–Crippen MR) is 47.9 cm³/mol. The van der Waals surface area contributed by atoms with Crippen molar-refractivity contribution in [2.45, 2.75) is 26.9 Å².